The molecule has 0 bridgehead atoms. The molecule has 0 atom stereocenters. The highest BCUT2D eigenvalue weighted by molar-refractivity contribution is 5.51. The topological polar surface area (TPSA) is 26.7 Å². The summed E-state index contributed by atoms with van der Waals surface area (Å²) in [6, 6.07) is 9.12. The van der Waals surface area contributed by atoms with Gasteiger partial charge in [-0.15, -0.1) is 0 Å². The van der Waals surface area contributed by atoms with Crippen molar-refractivity contribution in [2.24, 2.45) is 0 Å². The first kappa shape index (κ1) is 12.9. The number of piperazine rings is 1. The highest BCUT2D eigenvalue weighted by Gasteiger charge is 2.42. The predicted molar refractivity (Wildman–Crippen MR) is 78.5 cm³/mol. The third-order valence-corrected chi connectivity index (χ3v) is 4.52. The average Bonchev–Trinajstić information content (AvgIpc) is 3.18. The Morgan fingerprint density at radius 3 is 2.37 bits per heavy atom. The van der Waals surface area contributed by atoms with E-state index in [9.17, 15) is 5.11 Å². The Labute approximate surface area is 115 Å². The van der Waals surface area contributed by atoms with Crippen LogP contribution < -0.4 is 4.90 Å². The minimum Gasteiger partial charge on any atom is -0.385 e. The molecule has 3 nitrogen and oxygen atoms in total. The number of hydrogen-bond donors (Lipinski definition) is 1. The highest BCUT2D eigenvalue weighted by atomic mass is 16.3. The minimum absolute atomic E-state index is 0.518. The van der Waals surface area contributed by atoms with E-state index in [1.807, 2.05) is 0 Å². The second-order valence-corrected chi connectivity index (χ2v) is 6.20. The van der Waals surface area contributed by atoms with Crippen LogP contribution in [-0.2, 0) is 5.60 Å². The molecule has 1 saturated carbocycles. The maximum Gasteiger partial charge on any atom is 0.0899 e. The van der Waals surface area contributed by atoms with E-state index in [0.717, 1.165) is 44.6 Å². The summed E-state index contributed by atoms with van der Waals surface area (Å²) in [5.41, 5.74) is 1.84. The standard InChI is InChI=1S/C16H24N2O/c1-13(2)17-8-10-18(11-9-17)15-5-3-4-14(12-15)16(19)6-7-16/h3-5,12-13,19H,6-11H2,1-2H3. The summed E-state index contributed by atoms with van der Waals surface area (Å²) >= 11 is 0. The minimum atomic E-state index is -0.518. The highest BCUT2D eigenvalue weighted by Crippen LogP contribution is 2.45. The Hall–Kier alpha value is -1.06. The summed E-state index contributed by atoms with van der Waals surface area (Å²) in [5, 5.41) is 10.2. The van der Waals surface area contributed by atoms with Gasteiger partial charge in [0.25, 0.3) is 0 Å². The Morgan fingerprint density at radius 2 is 1.79 bits per heavy atom. The fourth-order valence-electron chi connectivity index (χ4n) is 2.90. The summed E-state index contributed by atoms with van der Waals surface area (Å²) in [6.07, 6.45) is 1.83. The fourth-order valence-corrected chi connectivity index (χ4v) is 2.90. The molecule has 0 amide bonds. The first-order valence-corrected chi connectivity index (χ1v) is 7.40. The normalized spacial score (nSPS) is 22.8. The van der Waals surface area contributed by atoms with Gasteiger partial charge in [-0.25, -0.2) is 0 Å². The molecule has 0 spiro atoms. The van der Waals surface area contributed by atoms with Gasteiger partial charge in [-0.1, -0.05) is 12.1 Å². The van der Waals surface area contributed by atoms with Crippen molar-refractivity contribution in [3.63, 3.8) is 0 Å². The third kappa shape index (κ3) is 2.63. The monoisotopic (exact) mass is 260 g/mol. The van der Waals surface area contributed by atoms with E-state index in [2.05, 4.69) is 47.9 Å². The van der Waals surface area contributed by atoms with Crippen LogP contribution in [0.5, 0.6) is 0 Å². The van der Waals surface area contributed by atoms with E-state index in [-0.39, 0.29) is 0 Å². The van der Waals surface area contributed by atoms with Gasteiger partial charge in [-0.05, 0) is 44.4 Å². The van der Waals surface area contributed by atoms with Gasteiger partial charge >= 0.3 is 0 Å². The maximum absolute atomic E-state index is 10.2. The van der Waals surface area contributed by atoms with Crippen LogP contribution in [0, 0.1) is 0 Å². The van der Waals surface area contributed by atoms with E-state index in [0.29, 0.717) is 6.04 Å². The van der Waals surface area contributed by atoms with Crippen molar-refractivity contribution in [1.29, 1.82) is 0 Å². The number of rotatable bonds is 3. The van der Waals surface area contributed by atoms with E-state index in [1.54, 1.807) is 0 Å². The van der Waals surface area contributed by atoms with Gasteiger partial charge in [0.2, 0.25) is 0 Å². The zero-order valence-corrected chi connectivity index (χ0v) is 12.0. The molecule has 0 unspecified atom stereocenters. The summed E-state index contributed by atoms with van der Waals surface area (Å²) in [6.45, 7) is 8.95. The summed E-state index contributed by atoms with van der Waals surface area (Å²) in [5.74, 6) is 0. The first-order chi connectivity index (χ1) is 9.08. The van der Waals surface area contributed by atoms with Crippen molar-refractivity contribution in [1.82, 2.24) is 4.90 Å². The molecule has 1 aliphatic carbocycles. The molecule has 1 aliphatic heterocycles. The number of hydrogen-bond acceptors (Lipinski definition) is 3. The zero-order chi connectivity index (χ0) is 13.5. The summed E-state index contributed by atoms with van der Waals surface area (Å²) in [4.78, 5) is 4.96. The van der Waals surface area contributed by atoms with Gasteiger partial charge in [0.05, 0.1) is 5.60 Å². The van der Waals surface area contributed by atoms with Crippen LogP contribution in [0.25, 0.3) is 0 Å². The molecule has 19 heavy (non-hydrogen) atoms. The van der Waals surface area contributed by atoms with E-state index in [4.69, 9.17) is 0 Å². The maximum atomic E-state index is 10.2. The molecule has 2 fully saturated rings. The third-order valence-electron chi connectivity index (χ3n) is 4.52. The van der Waals surface area contributed by atoms with Crippen LogP contribution in [0.1, 0.15) is 32.3 Å². The lowest BCUT2D eigenvalue weighted by Crippen LogP contribution is -2.48. The van der Waals surface area contributed by atoms with Gasteiger partial charge in [0.1, 0.15) is 0 Å². The molecular weight excluding hydrogens is 236 g/mol. The van der Waals surface area contributed by atoms with Gasteiger partial charge < -0.3 is 10.0 Å². The van der Waals surface area contributed by atoms with Crippen LogP contribution in [0.15, 0.2) is 24.3 Å². The summed E-state index contributed by atoms with van der Waals surface area (Å²) < 4.78 is 0. The number of anilines is 1. The van der Waals surface area contributed by atoms with Crippen LogP contribution in [0.2, 0.25) is 0 Å². The molecule has 3 rings (SSSR count). The molecule has 0 aromatic heterocycles. The van der Waals surface area contributed by atoms with Crippen molar-refractivity contribution in [2.45, 2.75) is 38.3 Å². The van der Waals surface area contributed by atoms with E-state index < -0.39 is 5.60 Å². The second-order valence-electron chi connectivity index (χ2n) is 6.20. The first-order valence-electron chi connectivity index (χ1n) is 7.40. The second kappa shape index (κ2) is 4.80. The Balaban J connectivity index is 1.70. The van der Waals surface area contributed by atoms with Gasteiger partial charge in [-0.2, -0.15) is 0 Å². The number of nitrogens with zero attached hydrogens (tertiary/aromatic N) is 2. The van der Waals surface area contributed by atoms with Crippen molar-refractivity contribution in [3.05, 3.63) is 29.8 Å². The Morgan fingerprint density at radius 1 is 1.11 bits per heavy atom. The fraction of sp³-hybridized carbons (Fsp3) is 0.625. The largest absolute Gasteiger partial charge is 0.385 e. The Bertz CT molecular complexity index is 446. The van der Waals surface area contributed by atoms with Crippen molar-refractivity contribution in [3.8, 4) is 0 Å². The molecule has 2 aliphatic rings. The molecule has 104 valence electrons. The molecule has 1 heterocycles. The lowest BCUT2D eigenvalue weighted by atomic mass is 10.1. The smallest absolute Gasteiger partial charge is 0.0899 e. The molecular formula is C16H24N2O. The van der Waals surface area contributed by atoms with Crippen molar-refractivity contribution >= 4 is 5.69 Å². The van der Waals surface area contributed by atoms with Crippen LogP contribution in [-0.4, -0.2) is 42.2 Å². The quantitative estimate of drug-likeness (QED) is 0.902. The van der Waals surface area contributed by atoms with E-state index >= 15 is 0 Å². The van der Waals surface area contributed by atoms with Gasteiger partial charge in [0.15, 0.2) is 0 Å². The Kier molecular flexibility index (Phi) is 3.27. The molecule has 1 N–H and O–H groups in total. The molecule has 3 heteroatoms. The summed E-state index contributed by atoms with van der Waals surface area (Å²) in [7, 11) is 0. The van der Waals surface area contributed by atoms with Crippen LogP contribution in [0.4, 0.5) is 5.69 Å². The number of aliphatic hydroxyl groups is 1. The SMILES string of the molecule is CC(C)N1CCN(c2cccc(C3(O)CC3)c2)CC1. The lowest BCUT2D eigenvalue weighted by molar-refractivity contribution is 0.151. The molecule has 1 aromatic carbocycles. The lowest BCUT2D eigenvalue weighted by Gasteiger charge is -2.38. The molecule has 1 aromatic rings. The van der Waals surface area contributed by atoms with Crippen LogP contribution in [0.3, 0.4) is 0 Å². The number of benzene rings is 1. The average molecular weight is 260 g/mol. The molecule has 0 radical (unpaired) electrons. The van der Waals surface area contributed by atoms with Crippen LogP contribution >= 0.6 is 0 Å². The van der Waals surface area contributed by atoms with E-state index in [1.165, 1.54) is 5.69 Å². The zero-order valence-electron chi connectivity index (χ0n) is 12.0. The van der Waals surface area contributed by atoms with Crippen molar-refractivity contribution in [2.75, 3.05) is 31.1 Å². The molecule has 1 saturated heterocycles. The predicted octanol–water partition coefficient (Wildman–Crippen LogP) is 2.20. The van der Waals surface area contributed by atoms with Gasteiger partial charge in [-0.3, -0.25) is 4.90 Å². The van der Waals surface area contributed by atoms with Gasteiger partial charge in [0, 0.05) is 37.9 Å². The van der Waals surface area contributed by atoms with Crippen molar-refractivity contribution < 1.29 is 5.11 Å².